The van der Waals surface area contributed by atoms with Crippen LogP contribution in [-0.4, -0.2) is 15.0 Å². The van der Waals surface area contributed by atoms with Gasteiger partial charge in [0.05, 0.1) is 0 Å². The summed E-state index contributed by atoms with van der Waals surface area (Å²) >= 11 is 17.1. The number of hydrogen-bond acceptors (Lipinski definition) is 4. The van der Waals surface area contributed by atoms with Gasteiger partial charge in [0.25, 0.3) is 0 Å². The van der Waals surface area contributed by atoms with Crippen molar-refractivity contribution < 1.29 is 0 Å². The van der Waals surface area contributed by atoms with E-state index >= 15 is 0 Å². The van der Waals surface area contributed by atoms with Crippen LogP contribution in [0.4, 0.5) is 5.95 Å². The number of halogens is 3. The maximum atomic E-state index is 5.78. The number of nitrogens with zero attached hydrogens (tertiary/aromatic N) is 3. The number of benzene rings is 1. The highest BCUT2D eigenvalue weighted by Gasteiger charge is 2.02. The zero-order valence-electron chi connectivity index (χ0n) is 8.49. The third kappa shape index (κ3) is 3.70. The molecule has 17 heavy (non-hydrogen) atoms. The third-order valence-electron chi connectivity index (χ3n) is 1.94. The maximum Gasteiger partial charge on any atom is 0.228 e. The SMILES string of the molecule is Clc1ccc(CNc2nc(Cl)nc(Cl)n2)cc1. The van der Waals surface area contributed by atoms with Gasteiger partial charge in [-0.15, -0.1) is 0 Å². The zero-order chi connectivity index (χ0) is 12.3. The van der Waals surface area contributed by atoms with Crippen LogP contribution in [0.25, 0.3) is 0 Å². The minimum absolute atomic E-state index is 0.0589. The molecule has 1 aromatic heterocycles. The monoisotopic (exact) mass is 288 g/mol. The summed E-state index contributed by atoms with van der Waals surface area (Å²) in [6, 6.07) is 7.43. The first-order chi connectivity index (χ1) is 8.13. The summed E-state index contributed by atoms with van der Waals surface area (Å²) in [5.41, 5.74) is 1.04. The predicted molar refractivity (Wildman–Crippen MR) is 68.6 cm³/mol. The lowest BCUT2D eigenvalue weighted by Gasteiger charge is -2.05. The molecule has 0 fully saturated rings. The minimum Gasteiger partial charge on any atom is -0.350 e. The molecule has 88 valence electrons. The molecule has 2 rings (SSSR count). The van der Waals surface area contributed by atoms with Gasteiger partial charge in [-0.25, -0.2) is 0 Å². The van der Waals surface area contributed by atoms with E-state index in [2.05, 4.69) is 20.3 Å². The number of anilines is 1. The largest absolute Gasteiger partial charge is 0.350 e. The molecule has 0 atom stereocenters. The molecule has 2 aromatic rings. The molecule has 0 aliphatic carbocycles. The van der Waals surface area contributed by atoms with Crippen molar-refractivity contribution >= 4 is 40.8 Å². The Morgan fingerprint density at radius 1 is 0.882 bits per heavy atom. The molecule has 0 unspecified atom stereocenters. The van der Waals surface area contributed by atoms with Crippen molar-refractivity contribution in [2.24, 2.45) is 0 Å². The smallest absolute Gasteiger partial charge is 0.228 e. The Bertz CT molecular complexity index is 495. The van der Waals surface area contributed by atoms with Gasteiger partial charge >= 0.3 is 0 Å². The van der Waals surface area contributed by atoms with Crippen LogP contribution in [0.15, 0.2) is 24.3 Å². The highest BCUT2D eigenvalue weighted by molar-refractivity contribution is 6.31. The molecular weight excluding hydrogens is 282 g/mol. The second-order valence-corrected chi connectivity index (χ2v) is 4.29. The Balaban J connectivity index is 2.04. The summed E-state index contributed by atoms with van der Waals surface area (Å²) in [7, 11) is 0. The molecule has 1 N–H and O–H groups in total. The van der Waals surface area contributed by atoms with Gasteiger partial charge in [0.15, 0.2) is 0 Å². The second-order valence-electron chi connectivity index (χ2n) is 3.18. The first kappa shape index (κ1) is 12.4. The maximum absolute atomic E-state index is 5.78. The molecule has 0 spiro atoms. The standard InChI is InChI=1S/C10H7Cl3N4/c11-7-3-1-6(2-4-7)5-14-10-16-8(12)15-9(13)17-10/h1-4H,5H2,(H,14,15,16,17). The third-order valence-corrected chi connectivity index (χ3v) is 2.53. The molecule has 4 nitrogen and oxygen atoms in total. The molecule has 1 heterocycles. The lowest BCUT2D eigenvalue weighted by Crippen LogP contribution is -2.04. The van der Waals surface area contributed by atoms with Crippen LogP contribution < -0.4 is 5.32 Å². The minimum atomic E-state index is 0.0589. The topological polar surface area (TPSA) is 50.7 Å². The van der Waals surface area contributed by atoms with Gasteiger partial charge in [0, 0.05) is 11.6 Å². The number of hydrogen-bond donors (Lipinski definition) is 1. The quantitative estimate of drug-likeness (QED) is 0.940. The Labute approximate surface area is 113 Å². The number of aromatic nitrogens is 3. The molecule has 1 aromatic carbocycles. The molecule has 0 aliphatic rings. The van der Waals surface area contributed by atoms with Crippen molar-refractivity contribution in [1.82, 2.24) is 15.0 Å². The molecule has 7 heteroatoms. The van der Waals surface area contributed by atoms with E-state index in [1.165, 1.54) is 0 Å². The lowest BCUT2D eigenvalue weighted by molar-refractivity contribution is 1.00. The van der Waals surface area contributed by atoms with Crippen molar-refractivity contribution in [3.63, 3.8) is 0 Å². The molecule has 0 aliphatic heterocycles. The summed E-state index contributed by atoms with van der Waals surface area (Å²) < 4.78 is 0. The highest BCUT2D eigenvalue weighted by Crippen LogP contribution is 2.12. The molecule has 0 amide bonds. The Morgan fingerprint density at radius 3 is 2.06 bits per heavy atom. The molecule has 0 radical (unpaired) electrons. The van der Waals surface area contributed by atoms with Crippen LogP contribution >= 0.6 is 34.8 Å². The fourth-order valence-corrected chi connectivity index (χ4v) is 1.68. The fraction of sp³-hybridized carbons (Fsp3) is 0.100. The average Bonchev–Trinajstić information content (AvgIpc) is 2.27. The zero-order valence-corrected chi connectivity index (χ0v) is 10.8. The lowest BCUT2D eigenvalue weighted by atomic mass is 10.2. The molecule has 0 saturated heterocycles. The summed E-state index contributed by atoms with van der Waals surface area (Å²) in [6.45, 7) is 0.549. The Morgan fingerprint density at radius 2 is 1.47 bits per heavy atom. The second kappa shape index (κ2) is 5.49. The number of rotatable bonds is 3. The van der Waals surface area contributed by atoms with Crippen molar-refractivity contribution in [2.45, 2.75) is 6.54 Å². The summed E-state index contributed by atoms with van der Waals surface area (Å²) in [6.07, 6.45) is 0. The van der Waals surface area contributed by atoms with Crippen molar-refractivity contribution in [3.8, 4) is 0 Å². The summed E-state index contributed by atoms with van der Waals surface area (Å²) in [5.74, 6) is 0.338. The first-order valence-electron chi connectivity index (χ1n) is 4.69. The van der Waals surface area contributed by atoms with Gasteiger partial charge in [-0.2, -0.15) is 15.0 Å². The van der Waals surface area contributed by atoms with Gasteiger partial charge in [-0.1, -0.05) is 23.7 Å². The van der Waals surface area contributed by atoms with E-state index in [9.17, 15) is 0 Å². The Hall–Kier alpha value is -1.10. The van der Waals surface area contributed by atoms with E-state index in [0.717, 1.165) is 5.56 Å². The van der Waals surface area contributed by atoms with E-state index in [4.69, 9.17) is 34.8 Å². The average molecular weight is 290 g/mol. The molecule has 0 bridgehead atoms. The Kier molecular flexibility index (Phi) is 3.99. The van der Waals surface area contributed by atoms with Crippen LogP contribution in [0, 0.1) is 0 Å². The first-order valence-corrected chi connectivity index (χ1v) is 5.82. The van der Waals surface area contributed by atoms with E-state index in [1.807, 2.05) is 24.3 Å². The molecular formula is C10H7Cl3N4. The normalized spacial score (nSPS) is 10.3. The van der Waals surface area contributed by atoms with Crippen LogP contribution in [-0.2, 0) is 6.54 Å². The predicted octanol–water partition coefficient (Wildman–Crippen LogP) is 3.44. The van der Waals surface area contributed by atoms with Gasteiger partial charge in [-0.05, 0) is 40.9 Å². The van der Waals surface area contributed by atoms with Gasteiger partial charge in [0.2, 0.25) is 16.5 Å². The van der Waals surface area contributed by atoms with Crippen LogP contribution in [0.3, 0.4) is 0 Å². The van der Waals surface area contributed by atoms with Gasteiger partial charge in [-0.3, -0.25) is 0 Å². The fourth-order valence-electron chi connectivity index (χ4n) is 1.19. The van der Waals surface area contributed by atoms with E-state index in [-0.39, 0.29) is 10.6 Å². The summed E-state index contributed by atoms with van der Waals surface area (Å²) in [4.78, 5) is 11.4. The molecule has 0 saturated carbocycles. The van der Waals surface area contributed by atoms with Gasteiger partial charge in [0.1, 0.15) is 0 Å². The van der Waals surface area contributed by atoms with Crippen LogP contribution in [0.1, 0.15) is 5.56 Å². The number of nitrogens with one attached hydrogen (secondary N) is 1. The van der Waals surface area contributed by atoms with Crippen molar-refractivity contribution in [2.75, 3.05) is 5.32 Å². The van der Waals surface area contributed by atoms with E-state index in [1.54, 1.807) is 0 Å². The van der Waals surface area contributed by atoms with E-state index < -0.39 is 0 Å². The highest BCUT2D eigenvalue weighted by atomic mass is 35.5. The van der Waals surface area contributed by atoms with Crippen molar-refractivity contribution in [3.05, 3.63) is 45.4 Å². The van der Waals surface area contributed by atoms with E-state index in [0.29, 0.717) is 17.5 Å². The van der Waals surface area contributed by atoms with Crippen LogP contribution in [0.2, 0.25) is 15.6 Å². The van der Waals surface area contributed by atoms with Crippen LogP contribution in [0.5, 0.6) is 0 Å². The van der Waals surface area contributed by atoms with Gasteiger partial charge < -0.3 is 5.32 Å². The summed E-state index contributed by atoms with van der Waals surface area (Å²) in [5, 5.41) is 3.80. The van der Waals surface area contributed by atoms with Crippen molar-refractivity contribution in [1.29, 1.82) is 0 Å².